The molecule has 162 valence electrons. The summed E-state index contributed by atoms with van der Waals surface area (Å²) in [6.45, 7) is 3.74. The van der Waals surface area contributed by atoms with Gasteiger partial charge in [0.2, 0.25) is 5.91 Å². The molecule has 2 aromatic carbocycles. The molecule has 1 heterocycles. The van der Waals surface area contributed by atoms with E-state index in [0.29, 0.717) is 13.0 Å². The van der Waals surface area contributed by atoms with Crippen LogP contribution in [0.25, 0.3) is 0 Å². The highest BCUT2D eigenvalue weighted by Gasteiger charge is 2.25. The number of rotatable bonds is 9. The van der Waals surface area contributed by atoms with Gasteiger partial charge in [0.15, 0.2) is 0 Å². The first-order valence-corrected chi connectivity index (χ1v) is 12.1. The Balaban J connectivity index is 1.66. The summed E-state index contributed by atoms with van der Waals surface area (Å²) in [5, 5.41) is 0. The van der Waals surface area contributed by atoms with Crippen LogP contribution in [0.5, 0.6) is 0 Å². The van der Waals surface area contributed by atoms with Crippen LogP contribution in [0.15, 0.2) is 54.6 Å². The lowest BCUT2D eigenvalue weighted by atomic mass is 10.0. The van der Waals surface area contributed by atoms with Crippen LogP contribution in [0.4, 0.5) is 0 Å². The van der Waals surface area contributed by atoms with E-state index < -0.39 is 11.0 Å². The molecule has 2 atom stereocenters. The number of carbonyl (C=O) groups is 1. The average molecular weight is 428 g/mol. The maximum Gasteiger partial charge on any atom is 0.227 e. The number of hydrogen-bond acceptors (Lipinski definition) is 3. The van der Waals surface area contributed by atoms with Crippen LogP contribution < -0.4 is 0 Å². The van der Waals surface area contributed by atoms with Gasteiger partial charge in [0, 0.05) is 33.4 Å². The number of carbonyl (C=O) groups excluding carboxylic acids is 1. The Morgan fingerprint density at radius 3 is 2.20 bits per heavy atom. The summed E-state index contributed by atoms with van der Waals surface area (Å²) in [6, 6.07) is 18.5. The minimum atomic E-state index is -0.989. The van der Waals surface area contributed by atoms with Gasteiger partial charge in [0.05, 0.1) is 23.4 Å². The number of amides is 1. The van der Waals surface area contributed by atoms with Gasteiger partial charge in [-0.1, -0.05) is 54.6 Å². The van der Waals surface area contributed by atoms with E-state index >= 15 is 0 Å². The molecule has 3 rings (SSSR count). The largest absolute Gasteiger partial charge is 0.337 e. The van der Waals surface area contributed by atoms with E-state index in [0.717, 1.165) is 30.8 Å². The summed E-state index contributed by atoms with van der Waals surface area (Å²) in [5.41, 5.74) is 3.28. The lowest BCUT2D eigenvalue weighted by Gasteiger charge is -2.32. The summed E-state index contributed by atoms with van der Waals surface area (Å²) >= 11 is 0. The molecule has 0 N–H and O–H groups in total. The highest BCUT2D eigenvalue weighted by Crippen LogP contribution is 2.23. The summed E-state index contributed by atoms with van der Waals surface area (Å²) in [7, 11) is 2.78. The standard InChI is InChI=1S/C24H33N3O2S/c1-25(30(3)29)18-21-13-11-20(12-14-21)17-24(28)26(2)23(19-27-15-7-8-16-27)22-9-5-4-6-10-22/h4-6,9-14,23H,7-8,15-19H2,1-3H3. The van der Waals surface area contributed by atoms with Crippen molar-refractivity contribution in [3.8, 4) is 0 Å². The summed E-state index contributed by atoms with van der Waals surface area (Å²) in [6.07, 6.45) is 4.54. The second-order valence-electron chi connectivity index (χ2n) is 8.14. The lowest BCUT2D eigenvalue weighted by Crippen LogP contribution is -2.39. The molecule has 0 aliphatic carbocycles. The van der Waals surface area contributed by atoms with Crippen molar-refractivity contribution in [2.75, 3.05) is 40.0 Å². The minimum Gasteiger partial charge on any atom is -0.337 e. The van der Waals surface area contributed by atoms with E-state index in [9.17, 15) is 9.00 Å². The van der Waals surface area contributed by atoms with Crippen molar-refractivity contribution in [3.63, 3.8) is 0 Å². The zero-order valence-corrected chi connectivity index (χ0v) is 19.1. The monoisotopic (exact) mass is 427 g/mol. The Kier molecular flexibility index (Phi) is 8.19. The normalized spacial score (nSPS) is 16.5. The van der Waals surface area contributed by atoms with Crippen molar-refractivity contribution in [2.24, 2.45) is 0 Å². The van der Waals surface area contributed by atoms with Crippen LogP contribution >= 0.6 is 0 Å². The van der Waals surface area contributed by atoms with E-state index in [-0.39, 0.29) is 11.9 Å². The van der Waals surface area contributed by atoms with Gasteiger partial charge in [-0.2, -0.15) is 0 Å². The minimum absolute atomic E-state index is 0.0595. The molecule has 1 saturated heterocycles. The van der Waals surface area contributed by atoms with Gasteiger partial charge < -0.3 is 9.80 Å². The molecule has 1 amide bonds. The number of nitrogens with zero attached hydrogens (tertiary/aromatic N) is 3. The molecular weight excluding hydrogens is 394 g/mol. The lowest BCUT2D eigenvalue weighted by molar-refractivity contribution is -0.131. The molecule has 0 radical (unpaired) electrons. The maximum absolute atomic E-state index is 13.1. The number of hydrogen-bond donors (Lipinski definition) is 0. The van der Waals surface area contributed by atoms with Gasteiger partial charge >= 0.3 is 0 Å². The number of likely N-dealkylation sites (N-methyl/N-ethyl adjacent to an activating group) is 1. The van der Waals surface area contributed by atoms with E-state index in [4.69, 9.17) is 0 Å². The Hall–Kier alpha value is -2.02. The smallest absolute Gasteiger partial charge is 0.227 e. The predicted octanol–water partition coefficient (Wildman–Crippen LogP) is 3.25. The molecule has 0 spiro atoms. The molecule has 2 aromatic rings. The number of likely N-dealkylation sites (tertiary alicyclic amines) is 1. The number of benzene rings is 2. The van der Waals surface area contributed by atoms with Gasteiger partial charge in [-0.15, -0.1) is 0 Å². The molecule has 0 saturated carbocycles. The van der Waals surface area contributed by atoms with Crippen molar-refractivity contribution < 1.29 is 9.00 Å². The highest BCUT2D eigenvalue weighted by atomic mass is 32.2. The first-order valence-electron chi connectivity index (χ1n) is 10.6. The van der Waals surface area contributed by atoms with Gasteiger partial charge in [-0.05, 0) is 42.6 Å². The fourth-order valence-electron chi connectivity index (χ4n) is 3.92. The van der Waals surface area contributed by atoms with Crippen LogP contribution in [0.2, 0.25) is 0 Å². The van der Waals surface area contributed by atoms with E-state index in [2.05, 4.69) is 17.0 Å². The van der Waals surface area contributed by atoms with Gasteiger partial charge in [0.1, 0.15) is 0 Å². The molecule has 5 nitrogen and oxygen atoms in total. The first-order chi connectivity index (χ1) is 14.4. The Labute approximate surface area is 183 Å². The fourth-order valence-corrected chi connectivity index (χ4v) is 4.25. The van der Waals surface area contributed by atoms with Crippen molar-refractivity contribution in [1.82, 2.24) is 14.1 Å². The van der Waals surface area contributed by atoms with Crippen LogP contribution in [-0.4, -0.2) is 64.2 Å². The first kappa shape index (κ1) is 22.7. The molecular formula is C24H33N3O2S. The topological polar surface area (TPSA) is 43.9 Å². The zero-order chi connectivity index (χ0) is 21.5. The quantitative estimate of drug-likeness (QED) is 0.617. The summed E-state index contributed by atoms with van der Waals surface area (Å²) in [5.74, 6) is 0.127. The zero-order valence-electron chi connectivity index (χ0n) is 18.3. The molecule has 30 heavy (non-hydrogen) atoms. The summed E-state index contributed by atoms with van der Waals surface area (Å²) in [4.78, 5) is 17.5. The van der Waals surface area contributed by atoms with Gasteiger partial charge in [-0.25, -0.2) is 8.51 Å². The van der Waals surface area contributed by atoms with Crippen LogP contribution in [-0.2, 0) is 28.7 Å². The van der Waals surface area contributed by atoms with Gasteiger partial charge in [-0.3, -0.25) is 4.79 Å². The van der Waals surface area contributed by atoms with Crippen LogP contribution in [0.1, 0.15) is 35.6 Å². The highest BCUT2D eigenvalue weighted by molar-refractivity contribution is 7.81. The summed E-state index contributed by atoms with van der Waals surface area (Å²) < 4.78 is 13.3. The Bertz CT molecular complexity index is 835. The van der Waals surface area contributed by atoms with E-state index in [1.165, 1.54) is 18.4 Å². The van der Waals surface area contributed by atoms with Crippen molar-refractivity contribution in [2.45, 2.75) is 31.8 Å². The second-order valence-corrected chi connectivity index (χ2v) is 9.61. The Morgan fingerprint density at radius 1 is 1.00 bits per heavy atom. The van der Waals surface area contributed by atoms with E-state index in [1.807, 2.05) is 61.5 Å². The fraction of sp³-hybridized carbons (Fsp3) is 0.458. The van der Waals surface area contributed by atoms with Crippen molar-refractivity contribution in [1.29, 1.82) is 0 Å². The SMILES string of the molecule is CN(C(=O)Cc1ccc(CN(C)S(C)=O)cc1)C(CN1CCCC1)c1ccccc1. The van der Waals surface area contributed by atoms with Crippen LogP contribution in [0, 0.1) is 0 Å². The molecule has 0 bridgehead atoms. The molecule has 0 aromatic heterocycles. The molecule has 6 heteroatoms. The predicted molar refractivity (Wildman–Crippen MR) is 123 cm³/mol. The molecule has 1 fully saturated rings. The molecule has 2 unspecified atom stereocenters. The average Bonchev–Trinajstić information content (AvgIpc) is 3.26. The van der Waals surface area contributed by atoms with Crippen molar-refractivity contribution >= 4 is 16.9 Å². The van der Waals surface area contributed by atoms with E-state index in [1.54, 1.807) is 10.6 Å². The van der Waals surface area contributed by atoms with Crippen LogP contribution in [0.3, 0.4) is 0 Å². The second kappa shape index (κ2) is 10.8. The van der Waals surface area contributed by atoms with Gasteiger partial charge in [0.25, 0.3) is 0 Å². The third-order valence-corrected chi connectivity index (χ3v) is 6.90. The Morgan fingerprint density at radius 2 is 1.60 bits per heavy atom. The molecule has 1 aliphatic rings. The maximum atomic E-state index is 13.1. The third-order valence-electron chi connectivity index (χ3n) is 5.90. The molecule has 1 aliphatic heterocycles. The third kappa shape index (κ3) is 6.24. The van der Waals surface area contributed by atoms with Crippen molar-refractivity contribution in [3.05, 3.63) is 71.3 Å².